The summed E-state index contributed by atoms with van der Waals surface area (Å²) in [6.07, 6.45) is -4.85. The minimum atomic E-state index is -4.85. The van der Waals surface area contributed by atoms with E-state index in [-0.39, 0.29) is 5.56 Å². The van der Waals surface area contributed by atoms with Crippen LogP contribution in [0.2, 0.25) is 0 Å². The number of hydrogen-bond donors (Lipinski definition) is 0. The average molecular weight is 221 g/mol. The highest BCUT2D eigenvalue weighted by Crippen LogP contribution is 2.31. The van der Waals surface area contributed by atoms with Crippen LogP contribution in [0.4, 0.5) is 18.9 Å². The van der Waals surface area contributed by atoms with Crippen molar-refractivity contribution in [3.8, 4) is 5.75 Å². The van der Waals surface area contributed by atoms with Crippen LogP contribution in [0.25, 0.3) is 0 Å². The maximum absolute atomic E-state index is 11.9. The Kier molecular flexibility index (Phi) is 2.83. The molecule has 1 aromatic rings. The van der Waals surface area contributed by atoms with E-state index in [4.69, 9.17) is 0 Å². The standard InChI is InChI=1S/C8H6F3NO3/c1-5-6(12(13)14)3-2-4-7(5)15-8(9,10)11/h2-4H,1H3. The Hall–Kier alpha value is -1.79. The van der Waals surface area contributed by atoms with Gasteiger partial charge in [-0.15, -0.1) is 13.2 Å². The fourth-order valence-electron chi connectivity index (χ4n) is 1.04. The molecule has 82 valence electrons. The summed E-state index contributed by atoms with van der Waals surface area (Å²) in [5.41, 5.74) is -0.559. The maximum atomic E-state index is 11.9. The van der Waals surface area contributed by atoms with Gasteiger partial charge in [-0.3, -0.25) is 10.1 Å². The number of nitrogens with zero attached hydrogens (tertiary/aromatic N) is 1. The van der Waals surface area contributed by atoms with Crippen LogP contribution >= 0.6 is 0 Å². The molecule has 4 nitrogen and oxygen atoms in total. The summed E-state index contributed by atoms with van der Waals surface area (Å²) < 4.78 is 39.2. The predicted molar refractivity (Wildman–Crippen MR) is 44.5 cm³/mol. The summed E-state index contributed by atoms with van der Waals surface area (Å²) in [7, 11) is 0. The van der Waals surface area contributed by atoms with Crippen LogP contribution in [0, 0.1) is 17.0 Å². The lowest BCUT2D eigenvalue weighted by molar-refractivity contribution is -0.385. The van der Waals surface area contributed by atoms with Gasteiger partial charge in [-0.1, -0.05) is 6.07 Å². The third-order valence-corrected chi connectivity index (χ3v) is 1.68. The summed E-state index contributed by atoms with van der Waals surface area (Å²) in [4.78, 5) is 9.64. The van der Waals surface area contributed by atoms with Crippen LogP contribution in [0.5, 0.6) is 5.75 Å². The predicted octanol–water partition coefficient (Wildman–Crippen LogP) is 2.80. The first-order valence-electron chi connectivity index (χ1n) is 3.81. The number of ether oxygens (including phenoxy) is 1. The van der Waals surface area contributed by atoms with Gasteiger partial charge < -0.3 is 4.74 Å². The lowest BCUT2D eigenvalue weighted by Crippen LogP contribution is -2.18. The topological polar surface area (TPSA) is 52.4 Å². The van der Waals surface area contributed by atoms with Gasteiger partial charge in [0.1, 0.15) is 5.75 Å². The van der Waals surface area contributed by atoms with Crippen LogP contribution in [-0.2, 0) is 0 Å². The van der Waals surface area contributed by atoms with E-state index in [1.807, 2.05) is 0 Å². The normalized spacial score (nSPS) is 11.2. The number of alkyl halides is 3. The number of rotatable bonds is 2. The minimum Gasteiger partial charge on any atom is -0.405 e. The minimum absolute atomic E-state index is 0.153. The molecule has 0 unspecified atom stereocenters. The number of hydrogen-bond acceptors (Lipinski definition) is 3. The van der Waals surface area contributed by atoms with Gasteiger partial charge in [0.15, 0.2) is 0 Å². The number of halogens is 3. The Morgan fingerprint density at radius 2 is 2.00 bits per heavy atom. The zero-order valence-corrected chi connectivity index (χ0v) is 7.54. The zero-order chi connectivity index (χ0) is 11.6. The molecule has 0 aromatic heterocycles. The summed E-state index contributed by atoms with van der Waals surface area (Å²) in [5.74, 6) is -0.559. The molecular formula is C8H6F3NO3. The van der Waals surface area contributed by atoms with E-state index in [0.29, 0.717) is 0 Å². The summed E-state index contributed by atoms with van der Waals surface area (Å²) in [6.45, 7) is 1.19. The highest BCUT2D eigenvalue weighted by atomic mass is 19.4. The molecule has 0 aliphatic rings. The molecule has 0 saturated heterocycles. The van der Waals surface area contributed by atoms with E-state index in [1.54, 1.807) is 0 Å². The van der Waals surface area contributed by atoms with Gasteiger partial charge in [0, 0.05) is 6.07 Å². The molecule has 0 bridgehead atoms. The second-order valence-electron chi connectivity index (χ2n) is 2.71. The Morgan fingerprint density at radius 3 is 2.47 bits per heavy atom. The molecule has 0 radical (unpaired) electrons. The highest BCUT2D eigenvalue weighted by molar-refractivity contribution is 5.48. The lowest BCUT2D eigenvalue weighted by Gasteiger charge is -2.10. The summed E-state index contributed by atoms with van der Waals surface area (Å²) in [5, 5.41) is 10.4. The Balaban J connectivity index is 3.10. The van der Waals surface area contributed by atoms with Gasteiger partial charge in [0.25, 0.3) is 5.69 Å². The van der Waals surface area contributed by atoms with Gasteiger partial charge >= 0.3 is 6.36 Å². The molecule has 0 atom stereocenters. The third kappa shape index (κ3) is 2.83. The van der Waals surface area contributed by atoms with Gasteiger partial charge in [0.05, 0.1) is 10.5 Å². The fourth-order valence-corrected chi connectivity index (χ4v) is 1.04. The molecule has 15 heavy (non-hydrogen) atoms. The third-order valence-electron chi connectivity index (χ3n) is 1.68. The molecule has 0 heterocycles. The van der Waals surface area contributed by atoms with Gasteiger partial charge in [-0.05, 0) is 13.0 Å². The molecular weight excluding hydrogens is 215 g/mol. The van der Waals surface area contributed by atoms with Crippen LogP contribution in [0.1, 0.15) is 5.56 Å². The Bertz CT molecular complexity index is 389. The van der Waals surface area contributed by atoms with Crippen LogP contribution < -0.4 is 4.74 Å². The van der Waals surface area contributed by atoms with Crippen molar-refractivity contribution in [1.82, 2.24) is 0 Å². The smallest absolute Gasteiger partial charge is 0.405 e. The SMILES string of the molecule is Cc1c(OC(F)(F)F)cccc1[N+](=O)[O-]. The fraction of sp³-hybridized carbons (Fsp3) is 0.250. The molecule has 0 saturated carbocycles. The van der Waals surface area contributed by atoms with Crippen LogP contribution in [0.3, 0.4) is 0 Å². The van der Waals surface area contributed by atoms with Crippen molar-refractivity contribution in [2.75, 3.05) is 0 Å². The zero-order valence-electron chi connectivity index (χ0n) is 7.54. The molecule has 0 N–H and O–H groups in total. The number of nitro groups is 1. The highest BCUT2D eigenvalue weighted by Gasteiger charge is 2.32. The first-order chi connectivity index (χ1) is 6.81. The van der Waals surface area contributed by atoms with Crippen molar-refractivity contribution >= 4 is 5.69 Å². The molecule has 0 fully saturated rings. The van der Waals surface area contributed by atoms with Crippen molar-refractivity contribution in [3.05, 3.63) is 33.9 Å². The van der Waals surface area contributed by atoms with Gasteiger partial charge in [0.2, 0.25) is 0 Å². The molecule has 1 rings (SSSR count). The van der Waals surface area contributed by atoms with E-state index >= 15 is 0 Å². The first-order valence-corrected chi connectivity index (χ1v) is 3.81. The summed E-state index contributed by atoms with van der Waals surface area (Å²) in [6, 6.07) is 3.26. The Morgan fingerprint density at radius 1 is 1.40 bits per heavy atom. The first kappa shape index (κ1) is 11.3. The maximum Gasteiger partial charge on any atom is 0.573 e. The molecule has 7 heteroatoms. The van der Waals surface area contributed by atoms with Crippen molar-refractivity contribution < 1.29 is 22.8 Å². The van der Waals surface area contributed by atoms with Gasteiger partial charge in [-0.2, -0.15) is 0 Å². The lowest BCUT2D eigenvalue weighted by atomic mass is 10.2. The van der Waals surface area contributed by atoms with Gasteiger partial charge in [-0.25, -0.2) is 0 Å². The van der Waals surface area contributed by atoms with Crippen molar-refractivity contribution in [2.45, 2.75) is 13.3 Å². The van der Waals surface area contributed by atoms with E-state index in [9.17, 15) is 23.3 Å². The molecule has 0 aliphatic heterocycles. The van der Waals surface area contributed by atoms with E-state index in [1.165, 1.54) is 6.92 Å². The molecule has 0 aliphatic carbocycles. The average Bonchev–Trinajstić information content (AvgIpc) is 2.05. The van der Waals surface area contributed by atoms with Crippen molar-refractivity contribution in [1.29, 1.82) is 0 Å². The second kappa shape index (κ2) is 3.76. The summed E-state index contributed by atoms with van der Waals surface area (Å²) >= 11 is 0. The number of benzene rings is 1. The second-order valence-corrected chi connectivity index (χ2v) is 2.71. The number of nitro benzene ring substituents is 1. The van der Waals surface area contributed by atoms with Crippen LogP contribution in [0.15, 0.2) is 18.2 Å². The van der Waals surface area contributed by atoms with Crippen molar-refractivity contribution in [2.24, 2.45) is 0 Å². The molecule has 1 aromatic carbocycles. The Labute approximate surface area is 82.4 Å². The molecule has 0 spiro atoms. The quantitative estimate of drug-likeness (QED) is 0.569. The van der Waals surface area contributed by atoms with E-state index in [2.05, 4.69) is 4.74 Å². The monoisotopic (exact) mass is 221 g/mol. The van der Waals surface area contributed by atoms with E-state index < -0.39 is 22.7 Å². The van der Waals surface area contributed by atoms with Crippen molar-refractivity contribution in [3.63, 3.8) is 0 Å². The largest absolute Gasteiger partial charge is 0.573 e. The molecule has 0 amide bonds. The van der Waals surface area contributed by atoms with E-state index in [0.717, 1.165) is 18.2 Å². The van der Waals surface area contributed by atoms with Crippen LogP contribution in [-0.4, -0.2) is 11.3 Å².